The zero-order valence-electron chi connectivity index (χ0n) is 18.2. The lowest BCUT2D eigenvalue weighted by atomic mass is 10.1. The van der Waals surface area contributed by atoms with E-state index in [4.69, 9.17) is 4.74 Å². The van der Waals surface area contributed by atoms with Crippen molar-refractivity contribution >= 4 is 33.2 Å². The molecule has 0 aliphatic carbocycles. The monoisotopic (exact) mass is 465 g/mol. The van der Waals surface area contributed by atoms with Gasteiger partial charge in [0.15, 0.2) is 5.75 Å². The molecule has 0 atom stereocenters. The lowest BCUT2D eigenvalue weighted by Gasteiger charge is -2.18. The number of rotatable bonds is 6. The highest BCUT2D eigenvalue weighted by Crippen LogP contribution is 2.36. The molecular formula is C24H23N3O5S. The van der Waals surface area contributed by atoms with Crippen LogP contribution in [0.2, 0.25) is 0 Å². The van der Waals surface area contributed by atoms with Gasteiger partial charge in [-0.05, 0) is 54.6 Å². The number of benzene rings is 3. The van der Waals surface area contributed by atoms with Gasteiger partial charge in [-0.25, -0.2) is 8.42 Å². The molecule has 0 bridgehead atoms. The first-order valence-electron chi connectivity index (χ1n) is 10.5. The zero-order valence-corrected chi connectivity index (χ0v) is 19.0. The first-order chi connectivity index (χ1) is 15.8. The third-order valence-electron chi connectivity index (χ3n) is 5.30. The van der Waals surface area contributed by atoms with Crippen LogP contribution in [0.5, 0.6) is 11.5 Å². The minimum Gasteiger partial charge on any atom is -0.454 e. The summed E-state index contributed by atoms with van der Waals surface area (Å²) in [6, 6.07) is 17.6. The number of hydrogen-bond acceptors (Lipinski definition) is 5. The van der Waals surface area contributed by atoms with Crippen molar-refractivity contribution in [2.45, 2.75) is 18.7 Å². The average molecular weight is 466 g/mol. The lowest BCUT2D eigenvalue weighted by Crippen LogP contribution is -2.30. The zero-order chi connectivity index (χ0) is 23.6. The number of sulfonamides is 1. The van der Waals surface area contributed by atoms with Crippen molar-refractivity contribution < 1.29 is 22.7 Å². The fraction of sp³-hybridized carbons (Fsp3) is 0.167. The summed E-state index contributed by atoms with van der Waals surface area (Å²) in [5.74, 6) is 0.125. The number of amides is 2. The molecule has 0 saturated carbocycles. The van der Waals surface area contributed by atoms with Crippen molar-refractivity contribution in [3.63, 3.8) is 0 Å². The van der Waals surface area contributed by atoms with E-state index < -0.39 is 15.9 Å². The van der Waals surface area contributed by atoms with Gasteiger partial charge in [-0.3, -0.25) is 9.59 Å². The van der Waals surface area contributed by atoms with Crippen LogP contribution in [0.15, 0.2) is 71.6 Å². The maximum atomic E-state index is 12.7. The molecule has 170 valence electrons. The maximum absolute atomic E-state index is 12.7. The molecule has 0 fully saturated rings. The van der Waals surface area contributed by atoms with Gasteiger partial charge in [0.05, 0.1) is 16.1 Å². The average Bonchev–Trinajstić information content (AvgIpc) is 2.95. The Kier molecular flexibility index (Phi) is 6.17. The van der Waals surface area contributed by atoms with E-state index in [0.29, 0.717) is 36.0 Å². The number of carbonyl (C=O) groups excluding carboxylic acids is 2. The molecule has 0 aromatic heterocycles. The molecule has 2 N–H and O–H groups in total. The highest BCUT2D eigenvalue weighted by atomic mass is 32.2. The van der Waals surface area contributed by atoms with Crippen LogP contribution in [0.25, 0.3) is 0 Å². The summed E-state index contributed by atoms with van der Waals surface area (Å²) in [6.45, 7) is 4.27. The van der Waals surface area contributed by atoms with Gasteiger partial charge in [0.2, 0.25) is 10.0 Å². The van der Waals surface area contributed by atoms with E-state index in [1.54, 1.807) is 44.2 Å². The summed E-state index contributed by atoms with van der Waals surface area (Å²) in [5.41, 5.74) is 1.54. The third-order valence-corrected chi connectivity index (χ3v) is 7.36. The Morgan fingerprint density at radius 2 is 1.67 bits per heavy atom. The van der Waals surface area contributed by atoms with E-state index in [1.807, 2.05) is 6.07 Å². The summed E-state index contributed by atoms with van der Waals surface area (Å²) in [4.78, 5) is 25.5. The molecule has 9 heteroatoms. The predicted molar refractivity (Wildman–Crippen MR) is 125 cm³/mol. The first kappa shape index (κ1) is 22.5. The van der Waals surface area contributed by atoms with Gasteiger partial charge in [0.1, 0.15) is 5.75 Å². The number of nitrogens with one attached hydrogen (secondary N) is 2. The van der Waals surface area contributed by atoms with Crippen molar-refractivity contribution in [2.24, 2.45) is 0 Å². The Morgan fingerprint density at radius 1 is 0.970 bits per heavy atom. The Morgan fingerprint density at radius 3 is 2.36 bits per heavy atom. The second-order valence-corrected chi connectivity index (χ2v) is 9.27. The Hall–Kier alpha value is -3.69. The molecule has 1 aliphatic rings. The maximum Gasteiger partial charge on any atom is 0.259 e. The third kappa shape index (κ3) is 4.46. The molecule has 3 aromatic rings. The highest BCUT2D eigenvalue weighted by molar-refractivity contribution is 7.89. The van der Waals surface area contributed by atoms with Crippen molar-refractivity contribution in [3.8, 4) is 11.5 Å². The molecule has 2 amide bonds. The molecule has 0 spiro atoms. The number of hydrogen-bond donors (Lipinski definition) is 2. The minimum atomic E-state index is -3.60. The van der Waals surface area contributed by atoms with Gasteiger partial charge in [0, 0.05) is 24.3 Å². The first-order valence-corrected chi connectivity index (χ1v) is 11.9. The summed E-state index contributed by atoms with van der Waals surface area (Å²) in [6.07, 6.45) is 0. The van der Waals surface area contributed by atoms with Crippen molar-refractivity contribution in [1.29, 1.82) is 0 Å². The van der Waals surface area contributed by atoms with Crippen LogP contribution in [0.3, 0.4) is 0 Å². The van der Waals surface area contributed by atoms with Gasteiger partial charge in [-0.2, -0.15) is 4.31 Å². The van der Waals surface area contributed by atoms with Gasteiger partial charge in [0.25, 0.3) is 11.8 Å². The van der Waals surface area contributed by atoms with Crippen LogP contribution in [0.1, 0.15) is 34.6 Å². The molecule has 3 aromatic carbocycles. The molecule has 4 rings (SSSR count). The van der Waals surface area contributed by atoms with Crippen LogP contribution in [-0.2, 0) is 10.0 Å². The van der Waals surface area contributed by atoms with Gasteiger partial charge >= 0.3 is 0 Å². The van der Waals surface area contributed by atoms with Crippen LogP contribution in [0.4, 0.5) is 11.4 Å². The SMILES string of the molecule is CCN(CC)S(=O)(=O)c1ccc(C(=O)Nc2ccc3c(c2)C(=O)Nc2ccccc2O3)cc1. The van der Waals surface area contributed by atoms with Crippen LogP contribution in [0, 0.1) is 0 Å². The molecule has 0 unspecified atom stereocenters. The molecular weight excluding hydrogens is 442 g/mol. The predicted octanol–water partition coefficient (Wildman–Crippen LogP) is 4.33. The second-order valence-electron chi connectivity index (χ2n) is 7.33. The van der Waals surface area contributed by atoms with Gasteiger partial charge < -0.3 is 15.4 Å². The second kappa shape index (κ2) is 9.05. The number of para-hydroxylation sites is 2. The van der Waals surface area contributed by atoms with E-state index in [1.165, 1.54) is 34.6 Å². The molecule has 8 nitrogen and oxygen atoms in total. The Bertz CT molecular complexity index is 1320. The van der Waals surface area contributed by atoms with Crippen LogP contribution >= 0.6 is 0 Å². The number of nitrogens with zero attached hydrogens (tertiary/aromatic N) is 1. The quantitative estimate of drug-likeness (QED) is 0.564. The summed E-state index contributed by atoms with van der Waals surface area (Å²) >= 11 is 0. The normalized spacial score (nSPS) is 12.8. The van der Waals surface area contributed by atoms with Crippen LogP contribution < -0.4 is 15.4 Å². The Labute approximate surface area is 192 Å². The van der Waals surface area contributed by atoms with Crippen molar-refractivity contribution in [2.75, 3.05) is 23.7 Å². The van der Waals surface area contributed by atoms with Gasteiger partial charge in [-0.15, -0.1) is 0 Å². The van der Waals surface area contributed by atoms with Crippen molar-refractivity contribution in [1.82, 2.24) is 4.31 Å². The lowest BCUT2D eigenvalue weighted by molar-refractivity contribution is 0.101. The topological polar surface area (TPSA) is 105 Å². The molecule has 1 aliphatic heterocycles. The van der Waals surface area contributed by atoms with E-state index in [0.717, 1.165) is 0 Å². The van der Waals surface area contributed by atoms with E-state index in [2.05, 4.69) is 10.6 Å². The molecule has 0 radical (unpaired) electrons. The summed E-state index contributed by atoms with van der Waals surface area (Å²) < 4.78 is 32.4. The number of carbonyl (C=O) groups is 2. The molecule has 0 saturated heterocycles. The molecule has 33 heavy (non-hydrogen) atoms. The van der Waals surface area contributed by atoms with Crippen molar-refractivity contribution in [3.05, 3.63) is 77.9 Å². The fourth-order valence-corrected chi connectivity index (χ4v) is 4.99. The summed E-state index contributed by atoms with van der Waals surface area (Å²) in [5, 5.41) is 5.53. The minimum absolute atomic E-state index is 0.126. The number of ether oxygens (including phenoxy) is 1. The standard InChI is InChI=1S/C24H23N3O5S/c1-3-27(4-2)33(30,31)18-12-9-16(10-13-18)23(28)25-17-11-14-21-19(15-17)24(29)26-20-7-5-6-8-22(20)32-21/h5-15H,3-4H2,1-2H3,(H,25,28)(H,26,29). The Balaban J connectivity index is 1.53. The van der Waals surface area contributed by atoms with Crippen LogP contribution in [-0.4, -0.2) is 37.6 Å². The van der Waals surface area contributed by atoms with E-state index in [9.17, 15) is 18.0 Å². The largest absolute Gasteiger partial charge is 0.454 e. The smallest absolute Gasteiger partial charge is 0.259 e. The van der Waals surface area contributed by atoms with E-state index >= 15 is 0 Å². The number of anilines is 2. The number of fused-ring (bicyclic) bond motifs is 2. The molecule has 1 heterocycles. The van der Waals surface area contributed by atoms with E-state index in [-0.39, 0.29) is 21.9 Å². The summed E-state index contributed by atoms with van der Waals surface area (Å²) in [7, 11) is -3.60. The highest BCUT2D eigenvalue weighted by Gasteiger charge is 2.23. The van der Waals surface area contributed by atoms with Gasteiger partial charge in [-0.1, -0.05) is 26.0 Å². The fourth-order valence-electron chi connectivity index (χ4n) is 3.54.